The highest BCUT2D eigenvalue weighted by Crippen LogP contribution is 2.17. The van der Waals surface area contributed by atoms with Gasteiger partial charge >= 0.3 is 17.9 Å². The summed E-state index contributed by atoms with van der Waals surface area (Å²) in [5, 5.41) is 26.5. The molecule has 0 saturated heterocycles. The van der Waals surface area contributed by atoms with E-state index in [2.05, 4.69) is 19.7 Å². The highest BCUT2D eigenvalue weighted by molar-refractivity contribution is 5.88. The van der Waals surface area contributed by atoms with Crippen LogP contribution in [0.1, 0.15) is 26.2 Å². The van der Waals surface area contributed by atoms with Crippen LogP contribution >= 0.6 is 0 Å². The van der Waals surface area contributed by atoms with E-state index in [-0.39, 0.29) is 24.5 Å². The smallest absolute Gasteiger partial charge is 0.336 e. The standard InChI is InChI=1S/C9H14O7.C3H6N6/c1-2-3-16-7(12)5-9(15,8(13)14)4-6(10)11;4-1-7-2(5)9-3(6)8-1/h15H,2-5H2,1H3,(H,10,11)(H,13,14);(H6,4,5,6,7,8,9). The van der Waals surface area contributed by atoms with E-state index in [4.69, 9.17) is 27.4 Å². The first-order chi connectivity index (χ1) is 11.5. The van der Waals surface area contributed by atoms with Gasteiger partial charge in [-0.05, 0) is 6.42 Å². The minimum atomic E-state index is -2.61. The van der Waals surface area contributed by atoms with Gasteiger partial charge < -0.3 is 37.3 Å². The van der Waals surface area contributed by atoms with Gasteiger partial charge in [-0.2, -0.15) is 15.0 Å². The molecule has 0 aliphatic carbocycles. The largest absolute Gasteiger partial charge is 0.481 e. The number of hydrogen-bond donors (Lipinski definition) is 6. The van der Waals surface area contributed by atoms with E-state index < -0.39 is 36.4 Å². The Labute approximate surface area is 141 Å². The van der Waals surface area contributed by atoms with Gasteiger partial charge in [0.25, 0.3) is 0 Å². The number of carboxylic acid groups (broad SMARTS) is 2. The lowest BCUT2D eigenvalue weighted by atomic mass is 9.96. The number of aliphatic carboxylic acids is 2. The third kappa shape index (κ3) is 8.85. The van der Waals surface area contributed by atoms with Crippen LogP contribution in [0.5, 0.6) is 0 Å². The van der Waals surface area contributed by atoms with Crippen molar-refractivity contribution in [2.24, 2.45) is 0 Å². The van der Waals surface area contributed by atoms with Crippen molar-refractivity contribution < 1.29 is 34.4 Å². The van der Waals surface area contributed by atoms with Gasteiger partial charge in [0.15, 0.2) is 5.60 Å². The van der Waals surface area contributed by atoms with Gasteiger partial charge in [0.2, 0.25) is 17.8 Å². The molecule has 0 bridgehead atoms. The number of carbonyl (C=O) groups is 3. The first-order valence-electron chi connectivity index (χ1n) is 6.85. The Balaban J connectivity index is 0.000000535. The molecule has 0 radical (unpaired) electrons. The molecule has 0 aliphatic heterocycles. The third-order valence-corrected chi connectivity index (χ3v) is 2.43. The molecule has 0 spiro atoms. The predicted octanol–water partition coefficient (Wildman–Crippen LogP) is -1.76. The van der Waals surface area contributed by atoms with Crippen molar-refractivity contribution in [2.45, 2.75) is 31.8 Å². The van der Waals surface area contributed by atoms with Crippen LogP contribution in [0, 0.1) is 0 Å². The second-order valence-corrected chi connectivity index (χ2v) is 4.71. The van der Waals surface area contributed by atoms with Gasteiger partial charge in [-0.3, -0.25) is 9.59 Å². The number of esters is 1. The first-order valence-corrected chi connectivity index (χ1v) is 6.85. The monoisotopic (exact) mass is 360 g/mol. The van der Waals surface area contributed by atoms with Crippen molar-refractivity contribution >= 4 is 35.8 Å². The number of carboxylic acids is 2. The fraction of sp³-hybridized carbons (Fsp3) is 0.500. The number of nitrogen functional groups attached to an aromatic ring is 3. The zero-order valence-electron chi connectivity index (χ0n) is 13.4. The molecular weight excluding hydrogens is 340 g/mol. The Kier molecular flexibility index (Phi) is 8.55. The average molecular weight is 360 g/mol. The lowest BCUT2D eigenvalue weighted by Gasteiger charge is -2.19. The lowest BCUT2D eigenvalue weighted by molar-refractivity contribution is -0.171. The third-order valence-electron chi connectivity index (χ3n) is 2.43. The number of ether oxygens (including phenoxy) is 1. The number of nitrogens with zero attached hydrogens (tertiary/aromatic N) is 3. The van der Waals surface area contributed by atoms with Gasteiger partial charge in [-0.15, -0.1) is 0 Å². The molecule has 13 heteroatoms. The molecule has 0 aromatic carbocycles. The Morgan fingerprint density at radius 3 is 1.76 bits per heavy atom. The minimum Gasteiger partial charge on any atom is -0.481 e. The van der Waals surface area contributed by atoms with Gasteiger partial charge in [-0.1, -0.05) is 6.92 Å². The molecular formula is C12H20N6O7. The second-order valence-electron chi connectivity index (χ2n) is 4.71. The Morgan fingerprint density at radius 1 is 1.00 bits per heavy atom. The van der Waals surface area contributed by atoms with Crippen molar-refractivity contribution in [3.63, 3.8) is 0 Å². The molecule has 0 fully saturated rings. The van der Waals surface area contributed by atoms with Gasteiger partial charge in [0, 0.05) is 0 Å². The Hall–Kier alpha value is -3.22. The lowest BCUT2D eigenvalue weighted by Crippen LogP contribution is -2.43. The zero-order chi connectivity index (χ0) is 19.6. The van der Waals surface area contributed by atoms with E-state index in [9.17, 15) is 19.5 Å². The van der Waals surface area contributed by atoms with Crippen LogP contribution in [0.15, 0.2) is 0 Å². The predicted molar refractivity (Wildman–Crippen MR) is 83.8 cm³/mol. The van der Waals surface area contributed by atoms with Gasteiger partial charge in [-0.25, -0.2) is 4.79 Å². The molecule has 0 saturated carbocycles. The van der Waals surface area contributed by atoms with Gasteiger partial charge in [0.1, 0.15) is 0 Å². The number of anilines is 3. The normalized spacial score (nSPS) is 12.2. The van der Waals surface area contributed by atoms with Gasteiger partial charge in [0.05, 0.1) is 19.4 Å². The zero-order valence-corrected chi connectivity index (χ0v) is 13.4. The summed E-state index contributed by atoms with van der Waals surface area (Å²) in [5.74, 6) is -4.08. The SMILES string of the molecule is CCCOC(=O)CC(O)(CC(=O)O)C(=O)O.Nc1nc(N)nc(N)n1. The number of nitrogens with two attached hydrogens (primary N) is 3. The number of carbonyl (C=O) groups excluding carboxylic acids is 1. The fourth-order valence-electron chi connectivity index (χ4n) is 1.40. The summed E-state index contributed by atoms with van der Waals surface area (Å²) < 4.78 is 4.56. The van der Waals surface area contributed by atoms with Crippen molar-refractivity contribution in [3.8, 4) is 0 Å². The molecule has 13 nitrogen and oxygen atoms in total. The summed E-state index contributed by atoms with van der Waals surface area (Å²) >= 11 is 0. The van der Waals surface area contributed by atoms with E-state index in [0.717, 1.165) is 0 Å². The molecule has 1 rings (SSSR count). The molecule has 9 N–H and O–H groups in total. The summed E-state index contributed by atoms with van der Waals surface area (Å²) in [6.45, 7) is 1.84. The molecule has 0 amide bonds. The van der Waals surface area contributed by atoms with Crippen LogP contribution in [0.2, 0.25) is 0 Å². The molecule has 1 aromatic rings. The topological polar surface area (TPSA) is 238 Å². The molecule has 1 atom stereocenters. The number of aromatic nitrogens is 3. The molecule has 1 unspecified atom stereocenters. The van der Waals surface area contributed by atoms with Crippen LogP contribution < -0.4 is 17.2 Å². The molecule has 25 heavy (non-hydrogen) atoms. The maximum absolute atomic E-state index is 11.1. The summed E-state index contributed by atoms with van der Waals surface area (Å²) in [6.07, 6.45) is -1.38. The Bertz CT molecular complexity index is 575. The average Bonchev–Trinajstić information content (AvgIpc) is 2.43. The first kappa shape index (κ1) is 21.8. The summed E-state index contributed by atoms with van der Waals surface area (Å²) in [7, 11) is 0. The summed E-state index contributed by atoms with van der Waals surface area (Å²) in [5.41, 5.74) is 12.8. The van der Waals surface area contributed by atoms with Crippen molar-refractivity contribution in [1.82, 2.24) is 15.0 Å². The maximum atomic E-state index is 11.1. The number of rotatable bonds is 7. The summed E-state index contributed by atoms with van der Waals surface area (Å²) in [4.78, 5) is 42.5. The van der Waals surface area contributed by atoms with E-state index in [0.29, 0.717) is 6.42 Å². The van der Waals surface area contributed by atoms with Crippen LogP contribution in [0.3, 0.4) is 0 Å². The van der Waals surface area contributed by atoms with Crippen molar-refractivity contribution in [1.29, 1.82) is 0 Å². The van der Waals surface area contributed by atoms with Crippen LogP contribution in [-0.4, -0.2) is 60.4 Å². The second kappa shape index (κ2) is 9.82. The maximum Gasteiger partial charge on any atom is 0.336 e. The molecule has 1 heterocycles. The number of hydrogen-bond acceptors (Lipinski definition) is 11. The van der Waals surface area contributed by atoms with E-state index >= 15 is 0 Å². The van der Waals surface area contributed by atoms with Crippen LogP contribution in [0.4, 0.5) is 17.8 Å². The van der Waals surface area contributed by atoms with Crippen molar-refractivity contribution in [2.75, 3.05) is 23.8 Å². The number of aliphatic hydroxyl groups is 1. The summed E-state index contributed by atoms with van der Waals surface area (Å²) in [6, 6.07) is 0. The van der Waals surface area contributed by atoms with E-state index in [1.165, 1.54) is 0 Å². The van der Waals surface area contributed by atoms with E-state index in [1.54, 1.807) is 6.92 Å². The minimum absolute atomic E-state index is 0.0417. The fourth-order valence-corrected chi connectivity index (χ4v) is 1.40. The Morgan fingerprint density at radius 2 is 1.44 bits per heavy atom. The molecule has 1 aromatic heterocycles. The van der Waals surface area contributed by atoms with Crippen LogP contribution in [-0.2, 0) is 19.1 Å². The van der Waals surface area contributed by atoms with E-state index in [1.807, 2.05) is 0 Å². The highest BCUT2D eigenvalue weighted by atomic mass is 16.5. The quantitative estimate of drug-likeness (QED) is 0.295. The molecule has 0 aliphatic rings. The molecule has 140 valence electrons. The van der Waals surface area contributed by atoms with Crippen molar-refractivity contribution in [3.05, 3.63) is 0 Å². The van der Waals surface area contributed by atoms with Crippen LogP contribution in [0.25, 0.3) is 0 Å². The highest BCUT2D eigenvalue weighted by Gasteiger charge is 2.41.